The van der Waals surface area contributed by atoms with Crippen molar-refractivity contribution >= 4 is 143 Å². The number of aliphatic carboxylic acids is 1. The Hall–Kier alpha value is -15.1. The zero-order valence-electron chi connectivity index (χ0n) is 69.4. The number of ether oxygens (including phenoxy) is 11. The highest BCUT2D eigenvalue weighted by molar-refractivity contribution is 8.13. The van der Waals surface area contributed by atoms with Gasteiger partial charge in [-0.3, -0.25) is 53.2 Å². The van der Waals surface area contributed by atoms with Crippen LogP contribution in [-0.4, -0.2) is 119 Å². The first-order chi connectivity index (χ1) is 61.6. The van der Waals surface area contributed by atoms with Crippen LogP contribution in [-0.2, 0) is 78.1 Å². The number of H-pyrrole nitrogens is 4. The van der Waals surface area contributed by atoms with E-state index < -0.39 is 30.0 Å². The van der Waals surface area contributed by atoms with E-state index in [9.17, 15) is 65.3 Å². The number of methoxy groups -OCH3 is 4. The van der Waals surface area contributed by atoms with Gasteiger partial charge in [-0.1, -0.05) is 54.9 Å². The van der Waals surface area contributed by atoms with E-state index >= 15 is 0 Å². The molecule has 14 aromatic rings. The Bertz CT molecular complexity index is 6860. The van der Waals surface area contributed by atoms with E-state index in [0.717, 1.165) is 11.1 Å². The molecule has 4 heterocycles. The van der Waals surface area contributed by atoms with Crippen LogP contribution >= 0.6 is 33.9 Å². The molecule has 0 atom stereocenters. The lowest BCUT2D eigenvalue weighted by molar-refractivity contribution is -0.383. The summed E-state index contributed by atoms with van der Waals surface area (Å²) in [5, 5.41) is 23.6. The molecule has 0 bridgehead atoms. The molecular weight excluding hydrogens is 1790 g/mol. The smallest absolute Gasteiger partial charge is 0.320 e. The number of carboxylic acids is 1. The van der Waals surface area contributed by atoms with Crippen LogP contribution in [0, 0.1) is 10.1 Å². The van der Waals surface area contributed by atoms with Crippen LogP contribution in [0.5, 0.6) is 69.0 Å². The summed E-state index contributed by atoms with van der Waals surface area (Å²) in [5.74, 6) is 1.92. The largest absolute Gasteiger partial charge is 0.493 e. The monoisotopic (exact) mass is 1880 g/mol. The molecule has 130 heavy (non-hydrogen) atoms. The van der Waals surface area contributed by atoms with Crippen LogP contribution in [0.1, 0.15) is 51.9 Å². The second kappa shape index (κ2) is 45.4. The van der Waals surface area contributed by atoms with Crippen molar-refractivity contribution in [2.45, 2.75) is 63.7 Å². The van der Waals surface area contributed by atoms with Gasteiger partial charge in [0.15, 0.2) is 63.2 Å². The van der Waals surface area contributed by atoms with E-state index in [1.165, 1.54) is 144 Å². The second-order valence-electron chi connectivity index (χ2n) is 27.0. The molecule has 0 aliphatic rings. The number of nitrogens with two attached hydrogens (primary N) is 2. The Morgan fingerprint density at radius 3 is 1.03 bits per heavy atom. The van der Waals surface area contributed by atoms with E-state index in [1.54, 1.807) is 124 Å². The molecule has 0 spiro atoms. The van der Waals surface area contributed by atoms with Crippen molar-refractivity contribution in [1.29, 1.82) is 0 Å². The molecule has 34 nitrogen and oxygen atoms in total. The van der Waals surface area contributed by atoms with E-state index in [4.69, 9.17) is 103 Å². The Morgan fingerprint density at radius 1 is 0.400 bits per heavy atom. The average molecular weight is 1880 g/mol. The number of hydrogen-bond acceptors (Lipinski definition) is 27. The number of nitrogens with one attached hydrogen (secondary N) is 5. The quantitative estimate of drug-likeness (QED) is 0.00564. The van der Waals surface area contributed by atoms with Gasteiger partial charge in [0.2, 0.25) is 28.0 Å². The standard InChI is InChI=1S/C24H19ClN2O7S.C20H18N2O7.2C20H20N2O5.C6H4Cl2O2S.CH4.H2/c1-33-21-12-14(13-23(29)30)2-9-19(21)34-20-10-8-18-17(7-11-22(28)26-18)24(20)27-35(31,32)16-5-3-15(25)4-6-16;1-3-28-19(24)11-12-4-7-15(17(10-12)27-2)29-16-8-6-14-13(20(16)22(25)26)5-9-18(23)21-14;2*1-3-26-19(24)11-12-4-7-15(17(10-12)25-2)27-16-8-6-14-13(20(16)21)5-9-18(23)22-14;7-5-1-3-6(4-2-5)11(8,9)10;;/h2-12,27H,13H2,1H3,(H,26,28)(H,29,30);4-10H,3,11H2,1-2H3,(H,21,23);2*4-10H,3,11,21H2,1-2H3,(H,22,23);1-4H;1H4;1H. The SMILES string of the molecule is C.CCOC(=O)Cc1ccc(Oc2ccc3[nH]c(=O)ccc3c2N)c(OC)c1.CCOC(=O)Cc1ccc(Oc2ccc3[nH]c(=O)ccc3c2N)c(OC)c1.CCOC(=O)Cc1ccc(Oc2ccc3[nH]c(=O)ccc3c2[N+](=O)[O-])c(OC)c1.COc1cc(CC(=O)O)ccc1Oc1ccc2[nH]c(=O)ccc2c1NS(=O)(=O)c1ccc(Cl)cc1.O=S(=O)(Cl)c1ccc(Cl)cc1.[HH]. The third kappa shape index (κ3) is 26.5. The normalized spacial score (nSPS) is 10.8. The summed E-state index contributed by atoms with van der Waals surface area (Å²) in [4.78, 5) is 114. The fraction of sp³-hybridized carbons (Fsp3) is 0.165. The molecular formula is C91H87Cl3N8O26S2. The molecule has 10 aromatic carbocycles. The van der Waals surface area contributed by atoms with Crippen molar-refractivity contribution in [3.63, 3.8) is 0 Å². The molecule has 0 aliphatic carbocycles. The van der Waals surface area contributed by atoms with Gasteiger partial charge in [-0.15, -0.1) is 0 Å². The van der Waals surface area contributed by atoms with Crippen LogP contribution in [0.4, 0.5) is 22.7 Å². The fourth-order valence-corrected chi connectivity index (χ4v) is 14.5. The topological polar surface area (TPSA) is 497 Å². The number of nitro groups is 1. The number of carbonyl (C=O) groups is 4. The summed E-state index contributed by atoms with van der Waals surface area (Å²) in [7, 11) is 3.24. The fourth-order valence-electron chi connectivity index (χ4n) is 12.3. The summed E-state index contributed by atoms with van der Waals surface area (Å²) in [6, 6.07) is 55.4. The number of halogens is 3. The number of pyridine rings is 4. The number of anilines is 3. The van der Waals surface area contributed by atoms with Crippen molar-refractivity contribution in [2.24, 2.45) is 0 Å². The number of esters is 3. The number of benzene rings is 10. The lowest BCUT2D eigenvalue weighted by Crippen LogP contribution is -2.14. The van der Waals surface area contributed by atoms with Gasteiger partial charge in [-0.05, 0) is 213 Å². The van der Waals surface area contributed by atoms with Gasteiger partial charge in [0, 0.05) is 62.6 Å². The average Bonchev–Trinajstić information content (AvgIpc) is 0.696. The number of nitrogens with zero attached hydrogens (tertiary/aromatic N) is 1. The van der Waals surface area contributed by atoms with Crippen LogP contribution in [0.2, 0.25) is 10.0 Å². The van der Waals surface area contributed by atoms with Gasteiger partial charge in [-0.25, -0.2) is 16.8 Å². The molecule has 0 unspecified atom stereocenters. The molecule has 0 saturated carbocycles. The Kier molecular flexibility index (Phi) is 34.4. The molecule has 10 N–H and O–H groups in total. The molecule has 39 heteroatoms. The van der Waals surface area contributed by atoms with Gasteiger partial charge in [0.05, 0.1) is 127 Å². The first kappa shape index (κ1) is 98.7. The molecule has 0 saturated heterocycles. The zero-order chi connectivity index (χ0) is 93.4. The zero-order valence-corrected chi connectivity index (χ0v) is 73.3. The molecule has 0 aliphatic heterocycles. The van der Waals surface area contributed by atoms with Gasteiger partial charge in [-0.2, -0.15) is 0 Å². The summed E-state index contributed by atoms with van der Waals surface area (Å²) in [5.41, 5.74) is 16.5. The second-order valence-corrected chi connectivity index (χ2v) is 32.1. The van der Waals surface area contributed by atoms with Gasteiger partial charge in [0.25, 0.3) is 19.1 Å². The number of nitro benzene ring substituents is 1. The van der Waals surface area contributed by atoms with Gasteiger partial charge >= 0.3 is 29.6 Å². The number of aromatic amines is 4. The summed E-state index contributed by atoms with van der Waals surface area (Å²) >= 11 is 11.4. The van der Waals surface area contributed by atoms with E-state index in [1.807, 2.05) is 0 Å². The molecule has 0 fully saturated rings. The Balaban J connectivity index is 0.000000207. The highest BCUT2D eigenvalue weighted by Crippen LogP contribution is 2.44. The van der Waals surface area contributed by atoms with Crippen molar-refractivity contribution in [3.8, 4) is 69.0 Å². The minimum atomic E-state index is -4.06. The number of fused-ring (bicyclic) bond motifs is 4. The predicted molar refractivity (Wildman–Crippen MR) is 494 cm³/mol. The maximum Gasteiger partial charge on any atom is 0.320 e. The summed E-state index contributed by atoms with van der Waals surface area (Å²) in [6.07, 6.45) is 0.159. The number of sulfonamides is 1. The highest BCUT2D eigenvalue weighted by Gasteiger charge is 2.26. The number of carbonyl (C=O) groups excluding carboxylic acids is 3. The molecule has 0 radical (unpaired) electrons. The van der Waals surface area contributed by atoms with E-state index in [2.05, 4.69) is 24.7 Å². The number of aromatic nitrogens is 4. The van der Waals surface area contributed by atoms with Crippen LogP contribution in [0.3, 0.4) is 0 Å². The van der Waals surface area contributed by atoms with Crippen molar-refractivity contribution < 1.29 is 99.6 Å². The number of rotatable bonds is 28. The lowest BCUT2D eigenvalue weighted by Gasteiger charge is -2.17. The molecule has 0 amide bonds. The van der Waals surface area contributed by atoms with Gasteiger partial charge < -0.3 is 88.6 Å². The first-order valence-electron chi connectivity index (χ1n) is 38.5. The lowest BCUT2D eigenvalue weighted by atomic mass is 10.1. The van der Waals surface area contributed by atoms with E-state index in [0.29, 0.717) is 124 Å². The van der Waals surface area contributed by atoms with Crippen LogP contribution in [0.15, 0.2) is 247 Å². The number of carboxylic acid groups (broad SMARTS) is 1. The number of hydrogen-bond donors (Lipinski definition) is 8. The van der Waals surface area contributed by atoms with E-state index in [-0.39, 0.29) is 137 Å². The Morgan fingerprint density at radius 2 is 0.692 bits per heavy atom. The molecule has 680 valence electrons. The summed E-state index contributed by atoms with van der Waals surface area (Å²) in [6.45, 7) is 6.21. The van der Waals surface area contributed by atoms with Crippen molar-refractivity contribution in [3.05, 3.63) is 302 Å². The molecule has 4 aromatic heterocycles. The van der Waals surface area contributed by atoms with Crippen molar-refractivity contribution in [2.75, 3.05) is 64.4 Å². The third-order valence-corrected chi connectivity index (χ3v) is 21.5. The molecule has 14 rings (SSSR count). The van der Waals surface area contributed by atoms with Crippen LogP contribution in [0.25, 0.3) is 43.6 Å². The predicted octanol–water partition coefficient (Wildman–Crippen LogP) is 16.9. The minimum Gasteiger partial charge on any atom is -0.493 e. The summed E-state index contributed by atoms with van der Waals surface area (Å²) < 4.78 is 110. The minimum absolute atomic E-state index is 0. The first-order valence-corrected chi connectivity index (χ1v) is 43.0. The Labute approximate surface area is 757 Å². The van der Waals surface area contributed by atoms with Crippen molar-refractivity contribution in [1.82, 2.24) is 19.9 Å². The maximum absolute atomic E-state index is 13.1. The van der Waals surface area contributed by atoms with Gasteiger partial charge in [0.1, 0.15) is 5.69 Å². The number of nitrogen functional groups attached to an aromatic ring is 2. The highest BCUT2D eigenvalue weighted by atomic mass is 35.7. The maximum atomic E-state index is 13.1. The van der Waals surface area contributed by atoms with Crippen LogP contribution < -0.4 is 76.3 Å². The third-order valence-electron chi connectivity index (χ3n) is 18.3.